The minimum Gasteiger partial charge on any atom is -0.306 e. The minimum absolute atomic E-state index is 0.0773. The van der Waals surface area contributed by atoms with Crippen LogP contribution in [-0.4, -0.2) is 36.4 Å². The zero-order valence-corrected chi connectivity index (χ0v) is 16.4. The SMILES string of the molecule is C[C@@H](C1C=CC=C1P(C1CCCCC1)C1CCCCC1)N(C)C. The van der Waals surface area contributed by atoms with Crippen molar-refractivity contribution in [3.63, 3.8) is 0 Å². The van der Waals surface area contributed by atoms with E-state index in [1.54, 1.807) is 0 Å². The molecule has 0 heterocycles. The number of nitrogens with zero attached hydrogens (tertiary/aromatic N) is 1. The van der Waals surface area contributed by atoms with Gasteiger partial charge in [0.05, 0.1) is 0 Å². The molecule has 3 aliphatic carbocycles. The van der Waals surface area contributed by atoms with Crippen LogP contribution >= 0.6 is 7.92 Å². The van der Waals surface area contributed by atoms with Crippen LogP contribution in [0, 0.1) is 5.92 Å². The van der Waals surface area contributed by atoms with Gasteiger partial charge in [0.15, 0.2) is 0 Å². The van der Waals surface area contributed by atoms with Gasteiger partial charge < -0.3 is 4.90 Å². The van der Waals surface area contributed by atoms with Crippen molar-refractivity contribution in [3.05, 3.63) is 23.5 Å². The fourth-order valence-corrected chi connectivity index (χ4v) is 9.10. The number of allylic oxidation sites excluding steroid dienone is 2. The van der Waals surface area contributed by atoms with Crippen molar-refractivity contribution in [2.75, 3.05) is 14.1 Å². The van der Waals surface area contributed by atoms with Gasteiger partial charge in [0.2, 0.25) is 0 Å². The summed E-state index contributed by atoms with van der Waals surface area (Å²) in [6.07, 6.45) is 22.4. The van der Waals surface area contributed by atoms with Crippen molar-refractivity contribution in [2.24, 2.45) is 5.92 Å². The first-order valence-corrected chi connectivity index (χ1v) is 11.5. The number of hydrogen-bond donors (Lipinski definition) is 0. The van der Waals surface area contributed by atoms with E-state index in [0.29, 0.717) is 12.0 Å². The molecule has 130 valence electrons. The highest BCUT2D eigenvalue weighted by Gasteiger charge is 2.37. The molecule has 0 radical (unpaired) electrons. The molecule has 3 rings (SSSR count). The highest BCUT2D eigenvalue weighted by atomic mass is 31.1. The molecule has 0 saturated heterocycles. The molecule has 0 aliphatic heterocycles. The third-order valence-corrected chi connectivity index (χ3v) is 10.1. The van der Waals surface area contributed by atoms with Crippen molar-refractivity contribution in [2.45, 2.75) is 88.5 Å². The highest BCUT2D eigenvalue weighted by molar-refractivity contribution is 7.63. The molecule has 2 saturated carbocycles. The van der Waals surface area contributed by atoms with E-state index in [0.717, 1.165) is 11.3 Å². The Bertz CT molecular complexity index is 409. The molecule has 2 fully saturated rings. The first-order valence-electron chi connectivity index (χ1n) is 10.0. The Kier molecular flexibility index (Phi) is 6.38. The van der Waals surface area contributed by atoms with E-state index in [1.807, 2.05) is 5.31 Å². The zero-order valence-electron chi connectivity index (χ0n) is 15.5. The highest BCUT2D eigenvalue weighted by Crippen LogP contribution is 2.64. The average molecular weight is 334 g/mol. The summed E-state index contributed by atoms with van der Waals surface area (Å²) in [6.45, 7) is 2.42. The van der Waals surface area contributed by atoms with Gasteiger partial charge in [-0.3, -0.25) is 0 Å². The van der Waals surface area contributed by atoms with Crippen LogP contribution in [0.3, 0.4) is 0 Å². The standard InChI is InChI=1S/C21H36NP/c1-17(22(2)3)20-15-10-16-21(20)23(18-11-6-4-7-12-18)19-13-8-5-9-14-19/h10,15-20H,4-9,11-14H2,1-3H3/t17-,20?/m0/s1. The summed E-state index contributed by atoms with van der Waals surface area (Å²) in [5.74, 6) is 0.681. The zero-order chi connectivity index (χ0) is 16.2. The molecule has 1 unspecified atom stereocenters. The molecule has 0 aromatic heterocycles. The van der Waals surface area contributed by atoms with Gasteiger partial charge >= 0.3 is 0 Å². The topological polar surface area (TPSA) is 3.24 Å². The maximum Gasteiger partial charge on any atom is 0.0179 e. The lowest BCUT2D eigenvalue weighted by Crippen LogP contribution is -2.33. The van der Waals surface area contributed by atoms with Crippen LogP contribution in [0.2, 0.25) is 0 Å². The fraction of sp³-hybridized carbons (Fsp3) is 0.810. The molecular weight excluding hydrogens is 297 g/mol. The molecule has 0 aromatic rings. The predicted molar refractivity (Wildman–Crippen MR) is 105 cm³/mol. The summed E-state index contributed by atoms with van der Waals surface area (Å²) in [7, 11) is 4.57. The second kappa shape index (κ2) is 8.30. The summed E-state index contributed by atoms with van der Waals surface area (Å²) < 4.78 is 0. The van der Waals surface area contributed by atoms with Gasteiger partial charge in [-0.05, 0) is 63.3 Å². The maximum absolute atomic E-state index is 2.54. The van der Waals surface area contributed by atoms with Crippen LogP contribution in [0.25, 0.3) is 0 Å². The Morgan fingerprint density at radius 3 is 1.91 bits per heavy atom. The van der Waals surface area contributed by atoms with Gasteiger partial charge in [-0.1, -0.05) is 64.7 Å². The van der Waals surface area contributed by atoms with E-state index in [2.05, 4.69) is 44.1 Å². The smallest absolute Gasteiger partial charge is 0.0179 e. The summed E-state index contributed by atoms with van der Waals surface area (Å²) in [4.78, 5) is 2.42. The Balaban J connectivity index is 1.81. The lowest BCUT2D eigenvalue weighted by atomic mass is 9.99. The average Bonchev–Trinajstić information content (AvgIpc) is 3.05. The van der Waals surface area contributed by atoms with E-state index < -0.39 is 0 Å². The molecule has 0 spiro atoms. The van der Waals surface area contributed by atoms with E-state index >= 15 is 0 Å². The predicted octanol–water partition coefficient (Wildman–Crippen LogP) is 6.15. The summed E-state index contributed by atoms with van der Waals surface area (Å²) in [5, 5.41) is 1.86. The third-order valence-electron chi connectivity index (χ3n) is 6.50. The van der Waals surface area contributed by atoms with Crippen molar-refractivity contribution in [1.29, 1.82) is 0 Å². The number of rotatable bonds is 5. The quantitative estimate of drug-likeness (QED) is 0.545. The second-order valence-corrected chi connectivity index (χ2v) is 11.0. The molecule has 0 bridgehead atoms. The van der Waals surface area contributed by atoms with Gasteiger partial charge in [0.1, 0.15) is 0 Å². The lowest BCUT2D eigenvalue weighted by molar-refractivity contribution is 0.280. The number of hydrogen-bond acceptors (Lipinski definition) is 1. The normalized spacial score (nSPS) is 28.6. The van der Waals surface area contributed by atoms with Gasteiger partial charge in [0.25, 0.3) is 0 Å². The Morgan fingerprint density at radius 2 is 1.43 bits per heavy atom. The molecule has 0 N–H and O–H groups in total. The van der Waals surface area contributed by atoms with Crippen LogP contribution in [0.5, 0.6) is 0 Å². The Hall–Kier alpha value is -0.130. The van der Waals surface area contributed by atoms with Crippen molar-refractivity contribution < 1.29 is 0 Å². The molecule has 3 aliphatic rings. The van der Waals surface area contributed by atoms with Crippen molar-refractivity contribution >= 4 is 7.92 Å². The van der Waals surface area contributed by atoms with Crippen molar-refractivity contribution in [1.82, 2.24) is 4.90 Å². The van der Waals surface area contributed by atoms with E-state index in [9.17, 15) is 0 Å². The molecule has 1 nitrogen and oxygen atoms in total. The van der Waals surface area contributed by atoms with Crippen LogP contribution in [-0.2, 0) is 0 Å². The van der Waals surface area contributed by atoms with Crippen LogP contribution < -0.4 is 0 Å². The molecule has 2 atom stereocenters. The first kappa shape index (κ1) is 17.7. The van der Waals surface area contributed by atoms with Gasteiger partial charge in [-0.25, -0.2) is 0 Å². The van der Waals surface area contributed by atoms with Gasteiger partial charge in [-0.2, -0.15) is 0 Å². The maximum atomic E-state index is 2.54. The fourth-order valence-electron chi connectivity index (χ4n) is 4.91. The molecule has 23 heavy (non-hydrogen) atoms. The third kappa shape index (κ3) is 4.10. The van der Waals surface area contributed by atoms with Crippen molar-refractivity contribution in [3.8, 4) is 0 Å². The lowest BCUT2D eigenvalue weighted by Gasteiger charge is -2.42. The molecular formula is C21H36NP. The van der Waals surface area contributed by atoms with Gasteiger partial charge in [0, 0.05) is 12.0 Å². The molecule has 2 heteroatoms. The van der Waals surface area contributed by atoms with E-state index in [1.165, 1.54) is 64.2 Å². The minimum atomic E-state index is 0.0773. The van der Waals surface area contributed by atoms with Gasteiger partial charge in [-0.15, -0.1) is 0 Å². The van der Waals surface area contributed by atoms with E-state index in [-0.39, 0.29) is 7.92 Å². The monoisotopic (exact) mass is 333 g/mol. The summed E-state index contributed by atoms with van der Waals surface area (Å²) in [6, 6.07) is 0.636. The van der Waals surface area contributed by atoms with Crippen LogP contribution in [0.4, 0.5) is 0 Å². The molecule has 0 amide bonds. The second-order valence-electron chi connectivity index (χ2n) is 8.20. The Labute approximate surface area is 145 Å². The van der Waals surface area contributed by atoms with E-state index in [4.69, 9.17) is 0 Å². The van der Waals surface area contributed by atoms with Crippen LogP contribution in [0.15, 0.2) is 23.5 Å². The molecule has 0 aromatic carbocycles. The van der Waals surface area contributed by atoms with Crippen LogP contribution in [0.1, 0.15) is 71.1 Å². The largest absolute Gasteiger partial charge is 0.306 e. The first-order chi connectivity index (χ1) is 11.2. The summed E-state index contributed by atoms with van der Waals surface area (Å²) >= 11 is 0. The Morgan fingerprint density at radius 1 is 0.913 bits per heavy atom. The summed E-state index contributed by atoms with van der Waals surface area (Å²) in [5.41, 5.74) is 2.06.